The average molecular weight is 305 g/mol. The van der Waals surface area contributed by atoms with E-state index in [9.17, 15) is 4.79 Å². The molecule has 6 nitrogen and oxygen atoms in total. The van der Waals surface area contributed by atoms with Gasteiger partial charge in [0.15, 0.2) is 0 Å². The van der Waals surface area contributed by atoms with E-state index < -0.39 is 0 Å². The molecule has 1 amide bonds. The second-order valence-electron chi connectivity index (χ2n) is 4.60. The van der Waals surface area contributed by atoms with Crippen LogP contribution in [0.1, 0.15) is 32.1 Å². The highest BCUT2D eigenvalue weighted by Crippen LogP contribution is 2.16. The molecule has 0 aliphatic rings. The van der Waals surface area contributed by atoms with Crippen LogP contribution in [-0.2, 0) is 11.3 Å². The van der Waals surface area contributed by atoms with Crippen molar-refractivity contribution >= 4 is 17.7 Å². The molecular formula is C14H19N5OS. The Morgan fingerprint density at radius 3 is 2.90 bits per heavy atom. The molecule has 0 saturated carbocycles. The average Bonchev–Trinajstić information content (AvgIpc) is 2.95. The van der Waals surface area contributed by atoms with Gasteiger partial charge < -0.3 is 5.32 Å². The van der Waals surface area contributed by atoms with E-state index in [1.807, 2.05) is 23.7 Å². The number of carbonyl (C=O) groups excluding carboxylic acids is 1. The predicted molar refractivity (Wildman–Crippen MR) is 81.8 cm³/mol. The van der Waals surface area contributed by atoms with Crippen molar-refractivity contribution in [3.63, 3.8) is 0 Å². The molecule has 1 atom stereocenters. The fourth-order valence-corrected chi connectivity index (χ4v) is 2.62. The van der Waals surface area contributed by atoms with Crippen LogP contribution in [0.25, 0.3) is 0 Å². The number of carbonyl (C=O) groups is 1. The predicted octanol–water partition coefficient (Wildman–Crippen LogP) is 2.05. The minimum absolute atomic E-state index is 0.0182. The molecule has 0 aliphatic carbocycles. The first-order valence-corrected chi connectivity index (χ1v) is 7.89. The van der Waals surface area contributed by atoms with Crippen LogP contribution in [0, 0.1) is 0 Å². The van der Waals surface area contributed by atoms with E-state index in [0.717, 1.165) is 23.7 Å². The lowest BCUT2D eigenvalue weighted by molar-refractivity contribution is -0.119. The third-order valence-electron chi connectivity index (χ3n) is 2.87. The topological polar surface area (TPSA) is 72.7 Å². The largest absolute Gasteiger partial charge is 0.346 e. The molecule has 112 valence electrons. The number of aromatic nitrogens is 4. The second-order valence-corrected chi connectivity index (χ2v) is 5.65. The van der Waals surface area contributed by atoms with Crippen molar-refractivity contribution in [2.75, 3.05) is 5.75 Å². The van der Waals surface area contributed by atoms with Gasteiger partial charge in [0.25, 0.3) is 0 Å². The Bertz CT molecular complexity index is 572. The lowest BCUT2D eigenvalue weighted by atomic mass is 10.3. The molecule has 0 bridgehead atoms. The quantitative estimate of drug-likeness (QED) is 0.793. The summed E-state index contributed by atoms with van der Waals surface area (Å²) in [6, 6.07) is 3.63. The van der Waals surface area contributed by atoms with Crippen LogP contribution in [0.15, 0.2) is 35.7 Å². The smallest absolute Gasteiger partial charge is 0.230 e. The number of nitrogens with zero attached hydrogens (tertiary/aromatic N) is 4. The minimum atomic E-state index is -0.149. The van der Waals surface area contributed by atoms with E-state index in [4.69, 9.17) is 0 Å². The first-order valence-electron chi connectivity index (χ1n) is 6.90. The van der Waals surface area contributed by atoms with Gasteiger partial charge in [-0.25, -0.2) is 9.67 Å². The summed E-state index contributed by atoms with van der Waals surface area (Å²) in [4.78, 5) is 21.2. The van der Waals surface area contributed by atoms with Crippen LogP contribution < -0.4 is 5.32 Å². The number of aryl methyl sites for hydroxylation is 1. The number of rotatable bonds is 7. The van der Waals surface area contributed by atoms with Gasteiger partial charge in [0.05, 0.1) is 11.8 Å². The summed E-state index contributed by atoms with van der Waals surface area (Å²) in [7, 11) is 0. The molecule has 7 heteroatoms. The number of nitrogens with one attached hydrogen (secondary N) is 1. The molecular weight excluding hydrogens is 286 g/mol. The zero-order valence-electron chi connectivity index (χ0n) is 12.2. The van der Waals surface area contributed by atoms with Gasteiger partial charge >= 0.3 is 0 Å². The molecule has 0 fully saturated rings. The first kappa shape index (κ1) is 15.5. The first-order chi connectivity index (χ1) is 10.2. The summed E-state index contributed by atoms with van der Waals surface area (Å²) in [5.41, 5.74) is 0. The van der Waals surface area contributed by atoms with Crippen molar-refractivity contribution in [1.82, 2.24) is 25.1 Å². The fourth-order valence-electron chi connectivity index (χ4n) is 1.92. The van der Waals surface area contributed by atoms with Gasteiger partial charge in [-0.3, -0.25) is 9.78 Å². The van der Waals surface area contributed by atoms with Crippen molar-refractivity contribution in [2.45, 2.75) is 37.8 Å². The molecule has 0 aromatic carbocycles. The third kappa shape index (κ3) is 4.56. The molecule has 2 rings (SSSR count). The standard InChI is InChI=1S/C14H19N5OS/c1-3-8-19-14(16-10-17-19)11(2)18-13(20)9-21-12-4-6-15-7-5-12/h4-7,10-11H,3,8-9H2,1-2H3,(H,18,20)/t11-/m0/s1. The lowest BCUT2D eigenvalue weighted by Gasteiger charge is -2.14. The third-order valence-corrected chi connectivity index (χ3v) is 3.88. The van der Waals surface area contributed by atoms with Crippen LogP contribution in [0.3, 0.4) is 0 Å². The van der Waals surface area contributed by atoms with Gasteiger partial charge in [-0.1, -0.05) is 6.92 Å². The molecule has 2 aromatic rings. The molecule has 21 heavy (non-hydrogen) atoms. The summed E-state index contributed by atoms with van der Waals surface area (Å²) < 4.78 is 1.83. The zero-order valence-corrected chi connectivity index (χ0v) is 13.0. The maximum atomic E-state index is 12.0. The molecule has 0 saturated heterocycles. The van der Waals surface area contributed by atoms with E-state index in [2.05, 4.69) is 27.3 Å². The highest BCUT2D eigenvalue weighted by atomic mass is 32.2. The van der Waals surface area contributed by atoms with Gasteiger partial charge in [-0.05, 0) is 25.5 Å². The Balaban J connectivity index is 1.85. The van der Waals surface area contributed by atoms with Gasteiger partial charge in [0, 0.05) is 23.8 Å². The second kappa shape index (κ2) is 7.78. The fraction of sp³-hybridized carbons (Fsp3) is 0.429. The Hall–Kier alpha value is -1.89. The maximum absolute atomic E-state index is 12.0. The van der Waals surface area contributed by atoms with Gasteiger partial charge in [-0.2, -0.15) is 5.10 Å². The summed E-state index contributed by atoms with van der Waals surface area (Å²) in [5.74, 6) is 1.14. The summed E-state index contributed by atoms with van der Waals surface area (Å²) in [6.07, 6.45) is 5.94. The van der Waals surface area contributed by atoms with Gasteiger partial charge in [-0.15, -0.1) is 11.8 Å². The lowest BCUT2D eigenvalue weighted by Crippen LogP contribution is -2.30. The number of hydrogen-bond donors (Lipinski definition) is 1. The molecule has 0 spiro atoms. The number of hydrogen-bond acceptors (Lipinski definition) is 5. The van der Waals surface area contributed by atoms with Crippen LogP contribution >= 0.6 is 11.8 Å². The molecule has 1 N–H and O–H groups in total. The SMILES string of the molecule is CCCn1ncnc1[C@H](C)NC(=O)CSc1ccncc1. The Morgan fingerprint density at radius 2 is 2.19 bits per heavy atom. The van der Waals surface area contributed by atoms with Crippen molar-refractivity contribution in [2.24, 2.45) is 0 Å². The molecule has 0 unspecified atom stereocenters. The molecule has 2 aromatic heterocycles. The van der Waals surface area contributed by atoms with Crippen LogP contribution in [0.2, 0.25) is 0 Å². The molecule has 0 aliphatic heterocycles. The van der Waals surface area contributed by atoms with E-state index in [0.29, 0.717) is 5.75 Å². The van der Waals surface area contributed by atoms with Gasteiger partial charge in [0.1, 0.15) is 12.2 Å². The Morgan fingerprint density at radius 1 is 1.43 bits per heavy atom. The monoisotopic (exact) mass is 305 g/mol. The Kier molecular flexibility index (Phi) is 5.74. The van der Waals surface area contributed by atoms with Crippen molar-refractivity contribution < 1.29 is 4.79 Å². The summed E-state index contributed by atoms with van der Waals surface area (Å²) in [5, 5.41) is 7.12. The van der Waals surface area contributed by atoms with Gasteiger partial charge in [0.2, 0.25) is 5.91 Å². The Labute approximate surface area is 128 Å². The highest BCUT2D eigenvalue weighted by molar-refractivity contribution is 8.00. The number of thioether (sulfide) groups is 1. The van der Waals surface area contributed by atoms with E-state index >= 15 is 0 Å². The maximum Gasteiger partial charge on any atom is 0.230 e. The van der Waals surface area contributed by atoms with Crippen LogP contribution in [0.5, 0.6) is 0 Å². The molecule has 2 heterocycles. The number of pyridine rings is 1. The number of amides is 1. The van der Waals surface area contributed by atoms with Crippen molar-refractivity contribution in [3.05, 3.63) is 36.7 Å². The highest BCUT2D eigenvalue weighted by Gasteiger charge is 2.15. The normalized spacial score (nSPS) is 12.1. The summed E-state index contributed by atoms with van der Waals surface area (Å²) >= 11 is 1.49. The van der Waals surface area contributed by atoms with Crippen LogP contribution in [0.4, 0.5) is 0 Å². The summed E-state index contributed by atoms with van der Waals surface area (Å²) in [6.45, 7) is 4.81. The zero-order chi connectivity index (χ0) is 15.1. The van der Waals surface area contributed by atoms with Crippen molar-refractivity contribution in [3.8, 4) is 0 Å². The minimum Gasteiger partial charge on any atom is -0.346 e. The molecule has 0 radical (unpaired) electrons. The van der Waals surface area contributed by atoms with E-state index in [-0.39, 0.29) is 11.9 Å². The van der Waals surface area contributed by atoms with Crippen molar-refractivity contribution in [1.29, 1.82) is 0 Å². The van der Waals surface area contributed by atoms with E-state index in [1.165, 1.54) is 18.1 Å². The van der Waals surface area contributed by atoms with Crippen LogP contribution in [-0.4, -0.2) is 31.4 Å². The van der Waals surface area contributed by atoms with E-state index in [1.54, 1.807) is 12.4 Å².